The van der Waals surface area contributed by atoms with Crippen LogP contribution in [0.5, 0.6) is 17.2 Å². The number of aromatic nitrogens is 1. The van der Waals surface area contributed by atoms with Crippen LogP contribution in [0.3, 0.4) is 0 Å². The van der Waals surface area contributed by atoms with Crippen LogP contribution in [0.1, 0.15) is 5.69 Å². The van der Waals surface area contributed by atoms with E-state index in [2.05, 4.69) is 0 Å². The van der Waals surface area contributed by atoms with Gasteiger partial charge in [0.05, 0.1) is 20.2 Å². The Labute approximate surface area is 151 Å². The van der Waals surface area contributed by atoms with E-state index < -0.39 is 0 Å². The van der Waals surface area contributed by atoms with Crippen LogP contribution < -0.4 is 19.8 Å². The van der Waals surface area contributed by atoms with Gasteiger partial charge < -0.3 is 23.7 Å². The summed E-state index contributed by atoms with van der Waals surface area (Å²) in [5.41, 5.74) is 0.713. The topological polar surface area (TPSA) is 70.0 Å². The molecule has 7 heteroatoms. The predicted octanol–water partition coefficient (Wildman–Crippen LogP) is 1.37. The van der Waals surface area contributed by atoms with Gasteiger partial charge in [0.15, 0.2) is 6.61 Å². The number of benzene rings is 1. The monoisotopic (exact) mass is 358 g/mol. The Hall–Kier alpha value is -2.96. The number of hydrogen-bond acceptors (Lipinski definition) is 5. The highest BCUT2D eigenvalue weighted by Crippen LogP contribution is 2.20. The van der Waals surface area contributed by atoms with Gasteiger partial charge in [-0.05, 0) is 25.1 Å². The van der Waals surface area contributed by atoms with Gasteiger partial charge in [-0.3, -0.25) is 9.59 Å². The lowest BCUT2D eigenvalue weighted by Gasteiger charge is -2.38. The van der Waals surface area contributed by atoms with Crippen molar-refractivity contribution in [1.82, 2.24) is 9.47 Å². The van der Waals surface area contributed by atoms with Gasteiger partial charge in [0.2, 0.25) is 0 Å². The van der Waals surface area contributed by atoms with Crippen LogP contribution in [0.4, 0.5) is 0 Å². The van der Waals surface area contributed by atoms with E-state index in [-0.39, 0.29) is 24.2 Å². The molecule has 3 rings (SSSR count). The van der Waals surface area contributed by atoms with Gasteiger partial charge in [-0.1, -0.05) is 6.07 Å². The average molecular weight is 358 g/mol. The Morgan fingerprint density at radius 3 is 2.58 bits per heavy atom. The summed E-state index contributed by atoms with van der Waals surface area (Å²) in [6.45, 7) is 2.77. The Bertz CT molecular complexity index is 855. The first-order valence-corrected chi connectivity index (χ1v) is 8.35. The molecule has 0 radical (unpaired) electrons. The second-order valence-electron chi connectivity index (χ2n) is 6.24. The number of carbonyl (C=O) groups excluding carboxylic acids is 1. The summed E-state index contributed by atoms with van der Waals surface area (Å²) in [4.78, 5) is 25.6. The summed E-state index contributed by atoms with van der Waals surface area (Å²) in [6.07, 6.45) is -0.109. The van der Waals surface area contributed by atoms with E-state index in [1.165, 1.54) is 6.07 Å². The van der Waals surface area contributed by atoms with Crippen molar-refractivity contribution in [3.63, 3.8) is 0 Å². The Morgan fingerprint density at radius 1 is 1.15 bits per heavy atom. The SMILES string of the molecule is COc1cccc(OCC(=O)N2CC(Oc3cc(C)n(C)c(=O)c3)C2)c1. The number of hydrogen-bond donors (Lipinski definition) is 0. The predicted molar refractivity (Wildman–Crippen MR) is 95.9 cm³/mol. The van der Waals surface area contributed by atoms with E-state index in [4.69, 9.17) is 14.2 Å². The van der Waals surface area contributed by atoms with Crippen molar-refractivity contribution in [1.29, 1.82) is 0 Å². The molecular weight excluding hydrogens is 336 g/mol. The van der Waals surface area contributed by atoms with E-state index in [0.29, 0.717) is 30.3 Å². The number of carbonyl (C=O) groups is 1. The molecule has 0 saturated carbocycles. The second kappa shape index (κ2) is 7.51. The minimum Gasteiger partial charge on any atom is -0.497 e. The first-order chi connectivity index (χ1) is 12.5. The summed E-state index contributed by atoms with van der Waals surface area (Å²) in [7, 11) is 3.29. The highest BCUT2D eigenvalue weighted by atomic mass is 16.5. The van der Waals surface area contributed by atoms with Gasteiger partial charge in [0.1, 0.15) is 23.4 Å². The molecule has 26 heavy (non-hydrogen) atoms. The molecule has 2 heterocycles. The molecule has 0 aliphatic carbocycles. The lowest BCUT2D eigenvalue weighted by molar-refractivity contribution is -0.142. The number of pyridine rings is 1. The number of ether oxygens (including phenoxy) is 3. The zero-order chi connectivity index (χ0) is 18.7. The molecule has 7 nitrogen and oxygen atoms in total. The minimum atomic E-state index is -0.112. The molecule has 2 aromatic rings. The Kier molecular flexibility index (Phi) is 5.16. The standard InChI is InChI=1S/C19H22N2O5/c1-13-7-16(9-18(22)20(13)2)26-17-10-21(11-17)19(23)12-25-15-6-4-5-14(8-15)24-3/h4-9,17H,10-12H2,1-3H3. The molecule has 1 saturated heterocycles. The number of likely N-dealkylation sites (tertiary alicyclic amines) is 1. The van der Waals surface area contributed by atoms with Crippen molar-refractivity contribution >= 4 is 5.91 Å². The third-order valence-electron chi connectivity index (χ3n) is 4.38. The van der Waals surface area contributed by atoms with Gasteiger partial charge >= 0.3 is 0 Å². The van der Waals surface area contributed by atoms with Crippen LogP contribution in [0.2, 0.25) is 0 Å². The molecule has 138 valence electrons. The summed E-state index contributed by atoms with van der Waals surface area (Å²) < 4.78 is 18.0. The van der Waals surface area contributed by atoms with Crippen molar-refractivity contribution in [3.05, 3.63) is 52.4 Å². The third kappa shape index (κ3) is 3.99. The molecule has 0 N–H and O–H groups in total. The molecule has 0 unspecified atom stereocenters. The smallest absolute Gasteiger partial charge is 0.260 e. The number of rotatable bonds is 6. The molecule has 1 aromatic heterocycles. The van der Waals surface area contributed by atoms with E-state index in [0.717, 1.165) is 5.69 Å². The first kappa shape index (κ1) is 17.8. The van der Waals surface area contributed by atoms with E-state index in [9.17, 15) is 9.59 Å². The van der Waals surface area contributed by atoms with E-state index >= 15 is 0 Å². The fraction of sp³-hybridized carbons (Fsp3) is 0.368. The van der Waals surface area contributed by atoms with Gasteiger partial charge in [0.25, 0.3) is 11.5 Å². The summed E-state index contributed by atoms with van der Waals surface area (Å²) >= 11 is 0. The van der Waals surface area contributed by atoms with Crippen molar-refractivity contribution in [2.75, 3.05) is 26.8 Å². The summed E-state index contributed by atoms with van der Waals surface area (Å²) in [5.74, 6) is 1.70. The van der Waals surface area contributed by atoms with Crippen LogP contribution in [0, 0.1) is 6.92 Å². The highest BCUT2D eigenvalue weighted by molar-refractivity contribution is 5.78. The fourth-order valence-electron chi connectivity index (χ4n) is 2.64. The van der Waals surface area contributed by atoms with E-state index in [1.807, 2.05) is 19.1 Å². The highest BCUT2D eigenvalue weighted by Gasteiger charge is 2.32. The molecule has 0 atom stereocenters. The molecule has 1 fully saturated rings. The number of amides is 1. The molecular formula is C19H22N2O5. The Morgan fingerprint density at radius 2 is 1.88 bits per heavy atom. The molecule has 1 aliphatic heterocycles. The van der Waals surface area contributed by atoms with Crippen molar-refractivity contribution in [2.45, 2.75) is 13.0 Å². The van der Waals surface area contributed by atoms with Crippen molar-refractivity contribution in [3.8, 4) is 17.2 Å². The van der Waals surface area contributed by atoms with E-state index in [1.54, 1.807) is 41.8 Å². The quantitative estimate of drug-likeness (QED) is 0.780. The van der Waals surface area contributed by atoms with Crippen LogP contribution in [-0.2, 0) is 11.8 Å². The zero-order valence-corrected chi connectivity index (χ0v) is 15.1. The van der Waals surface area contributed by atoms with Gasteiger partial charge in [0, 0.05) is 24.9 Å². The van der Waals surface area contributed by atoms with Crippen LogP contribution in [-0.4, -0.2) is 48.3 Å². The maximum atomic E-state index is 12.2. The molecule has 1 aromatic carbocycles. The summed E-state index contributed by atoms with van der Waals surface area (Å²) in [6, 6.07) is 10.4. The Balaban J connectivity index is 1.47. The maximum Gasteiger partial charge on any atom is 0.260 e. The van der Waals surface area contributed by atoms with Crippen LogP contribution in [0.15, 0.2) is 41.2 Å². The zero-order valence-electron chi connectivity index (χ0n) is 15.1. The van der Waals surface area contributed by atoms with Crippen molar-refractivity contribution < 1.29 is 19.0 Å². The lowest BCUT2D eigenvalue weighted by Crippen LogP contribution is -2.57. The number of methoxy groups -OCH3 is 1. The fourth-order valence-corrected chi connectivity index (χ4v) is 2.64. The molecule has 0 spiro atoms. The number of aryl methyl sites for hydroxylation is 1. The van der Waals surface area contributed by atoms with Crippen LogP contribution >= 0.6 is 0 Å². The normalized spacial score (nSPS) is 13.9. The van der Waals surface area contributed by atoms with Gasteiger partial charge in [-0.15, -0.1) is 0 Å². The third-order valence-corrected chi connectivity index (χ3v) is 4.38. The largest absolute Gasteiger partial charge is 0.497 e. The maximum absolute atomic E-state index is 12.2. The molecule has 0 bridgehead atoms. The summed E-state index contributed by atoms with van der Waals surface area (Å²) in [5, 5.41) is 0. The molecule has 1 amide bonds. The van der Waals surface area contributed by atoms with Crippen molar-refractivity contribution in [2.24, 2.45) is 7.05 Å². The van der Waals surface area contributed by atoms with Crippen LogP contribution in [0.25, 0.3) is 0 Å². The minimum absolute atomic E-state index is 0.0368. The lowest BCUT2D eigenvalue weighted by atomic mass is 10.1. The van der Waals surface area contributed by atoms with Gasteiger partial charge in [-0.25, -0.2) is 0 Å². The molecule has 1 aliphatic rings. The first-order valence-electron chi connectivity index (χ1n) is 8.35. The number of nitrogens with zero attached hydrogens (tertiary/aromatic N) is 2. The average Bonchev–Trinajstić information content (AvgIpc) is 2.60. The van der Waals surface area contributed by atoms with Gasteiger partial charge in [-0.2, -0.15) is 0 Å². The second-order valence-corrected chi connectivity index (χ2v) is 6.24.